The van der Waals surface area contributed by atoms with Gasteiger partial charge in [-0.15, -0.1) is 0 Å². The summed E-state index contributed by atoms with van der Waals surface area (Å²) in [5.41, 5.74) is 2.02. The average molecular weight is 357 g/mol. The highest BCUT2D eigenvalue weighted by Crippen LogP contribution is 2.25. The number of carbonyl (C=O) groups is 2. The predicted molar refractivity (Wildman–Crippen MR) is 97.4 cm³/mol. The van der Waals surface area contributed by atoms with E-state index in [1.54, 1.807) is 31.5 Å². The number of halogens is 1. The SMILES string of the molecule is COc1ccc(CNC(=O)c2cn(C(C)=O)c3ccc(Cl)cc23)cc1. The molecule has 25 heavy (non-hydrogen) atoms. The highest BCUT2D eigenvalue weighted by atomic mass is 35.5. The molecule has 2 aromatic carbocycles. The van der Waals surface area contributed by atoms with E-state index in [4.69, 9.17) is 16.3 Å². The van der Waals surface area contributed by atoms with Crippen molar-refractivity contribution in [2.24, 2.45) is 0 Å². The van der Waals surface area contributed by atoms with E-state index in [1.165, 1.54) is 11.5 Å². The minimum atomic E-state index is -0.261. The van der Waals surface area contributed by atoms with Gasteiger partial charge in [-0.25, -0.2) is 0 Å². The fraction of sp³-hybridized carbons (Fsp3) is 0.158. The summed E-state index contributed by atoms with van der Waals surface area (Å²) in [7, 11) is 1.60. The zero-order chi connectivity index (χ0) is 18.0. The van der Waals surface area contributed by atoms with Crippen LogP contribution in [0.4, 0.5) is 0 Å². The van der Waals surface area contributed by atoms with E-state index < -0.39 is 0 Å². The lowest BCUT2D eigenvalue weighted by Gasteiger charge is -2.06. The van der Waals surface area contributed by atoms with Crippen molar-refractivity contribution < 1.29 is 14.3 Å². The molecule has 0 fully saturated rings. The van der Waals surface area contributed by atoms with Crippen LogP contribution in [0.1, 0.15) is 27.6 Å². The van der Waals surface area contributed by atoms with Gasteiger partial charge in [0, 0.05) is 30.1 Å². The Bertz CT molecular complexity index is 945. The van der Waals surface area contributed by atoms with Gasteiger partial charge < -0.3 is 10.1 Å². The van der Waals surface area contributed by atoms with Crippen LogP contribution in [0.5, 0.6) is 5.75 Å². The van der Waals surface area contributed by atoms with Crippen molar-refractivity contribution in [3.05, 3.63) is 64.8 Å². The van der Waals surface area contributed by atoms with E-state index in [2.05, 4.69) is 5.32 Å². The molecule has 0 bridgehead atoms. The first kappa shape index (κ1) is 17.0. The number of amides is 1. The standard InChI is InChI=1S/C19H17ClN2O3/c1-12(23)22-11-17(16-9-14(20)5-8-18(16)22)19(24)21-10-13-3-6-15(25-2)7-4-13/h3-9,11H,10H2,1-2H3,(H,21,24). The maximum atomic E-state index is 12.6. The highest BCUT2D eigenvalue weighted by molar-refractivity contribution is 6.31. The molecule has 0 aliphatic carbocycles. The number of methoxy groups -OCH3 is 1. The zero-order valence-electron chi connectivity index (χ0n) is 13.9. The molecule has 1 N–H and O–H groups in total. The summed E-state index contributed by atoms with van der Waals surface area (Å²) in [6, 6.07) is 12.6. The first-order valence-electron chi connectivity index (χ1n) is 7.72. The Labute approximate surface area is 150 Å². The molecule has 0 saturated heterocycles. The summed E-state index contributed by atoms with van der Waals surface area (Å²) < 4.78 is 6.57. The van der Waals surface area contributed by atoms with Gasteiger partial charge in [0.15, 0.2) is 0 Å². The molecule has 1 aromatic heterocycles. The van der Waals surface area contributed by atoms with Gasteiger partial charge in [-0.2, -0.15) is 0 Å². The van der Waals surface area contributed by atoms with Crippen molar-refractivity contribution in [3.63, 3.8) is 0 Å². The summed E-state index contributed by atoms with van der Waals surface area (Å²) in [6.45, 7) is 1.82. The Morgan fingerprint density at radius 2 is 1.88 bits per heavy atom. The van der Waals surface area contributed by atoms with Gasteiger partial charge in [0.2, 0.25) is 5.91 Å². The number of hydrogen-bond acceptors (Lipinski definition) is 3. The van der Waals surface area contributed by atoms with Gasteiger partial charge in [0.05, 0.1) is 18.2 Å². The second-order valence-electron chi connectivity index (χ2n) is 5.62. The van der Waals surface area contributed by atoms with E-state index in [1.807, 2.05) is 24.3 Å². The normalized spacial score (nSPS) is 10.7. The van der Waals surface area contributed by atoms with Crippen LogP contribution in [-0.4, -0.2) is 23.5 Å². The lowest BCUT2D eigenvalue weighted by atomic mass is 10.1. The van der Waals surface area contributed by atoms with Crippen LogP contribution in [0.2, 0.25) is 5.02 Å². The van der Waals surface area contributed by atoms with Crippen LogP contribution in [0.25, 0.3) is 10.9 Å². The van der Waals surface area contributed by atoms with Crippen LogP contribution in [0, 0.1) is 0 Å². The van der Waals surface area contributed by atoms with Crippen LogP contribution in [0.3, 0.4) is 0 Å². The van der Waals surface area contributed by atoms with Gasteiger partial charge in [0.1, 0.15) is 5.75 Å². The maximum absolute atomic E-state index is 12.6. The predicted octanol–water partition coefficient (Wildman–Crippen LogP) is 3.89. The molecule has 3 rings (SSSR count). The third-order valence-corrected chi connectivity index (χ3v) is 4.20. The number of fused-ring (bicyclic) bond motifs is 1. The van der Waals surface area contributed by atoms with Crippen molar-refractivity contribution in [1.29, 1.82) is 0 Å². The molecule has 0 unspecified atom stereocenters. The number of carbonyl (C=O) groups excluding carboxylic acids is 2. The molecule has 0 aliphatic rings. The lowest BCUT2D eigenvalue weighted by Crippen LogP contribution is -2.22. The largest absolute Gasteiger partial charge is 0.497 e. The Hall–Kier alpha value is -2.79. The molecular formula is C19H17ClN2O3. The van der Waals surface area contributed by atoms with Crippen molar-refractivity contribution >= 4 is 34.3 Å². The van der Waals surface area contributed by atoms with Crippen molar-refractivity contribution in [2.75, 3.05) is 7.11 Å². The fourth-order valence-corrected chi connectivity index (χ4v) is 2.84. The summed E-state index contributed by atoms with van der Waals surface area (Å²) in [5.74, 6) is 0.332. The van der Waals surface area contributed by atoms with Crippen molar-refractivity contribution in [1.82, 2.24) is 9.88 Å². The number of aromatic nitrogens is 1. The molecular weight excluding hydrogens is 340 g/mol. The Balaban J connectivity index is 1.86. The second kappa shape index (κ2) is 6.99. The van der Waals surface area contributed by atoms with Gasteiger partial charge >= 0.3 is 0 Å². The molecule has 0 spiro atoms. The molecule has 1 heterocycles. The minimum Gasteiger partial charge on any atom is -0.497 e. The molecule has 3 aromatic rings. The Morgan fingerprint density at radius 3 is 2.52 bits per heavy atom. The van der Waals surface area contributed by atoms with E-state index >= 15 is 0 Å². The average Bonchev–Trinajstić information content (AvgIpc) is 2.99. The van der Waals surface area contributed by atoms with E-state index in [9.17, 15) is 9.59 Å². The summed E-state index contributed by atoms with van der Waals surface area (Å²) in [6.07, 6.45) is 1.55. The van der Waals surface area contributed by atoms with Crippen LogP contribution in [-0.2, 0) is 6.54 Å². The summed E-state index contributed by atoms with van der Waals surface area (Å²) in [5, 5.41) is 4.03. The number of benzene rings is 2. The number of rotatable bonds is 4. The minimum absolute atomic E-state index is 0.165. The zero-order valence-corrected chi connectivity index (χ0v) is 14.6. The van der Waals surface area contributed by atoms with Crippen LogP contribution < -0.4 is 10.1 Å². The maximum Gasteiger partial charge on any atom is 0.253 e. The molecule has 128 valence electrons. The van der Waals surface area contributed by atoms with Crippen LogP contribution >= 0.6 is 11.6 Å². The quantitative estimate of drug-likeness (QED) is 0.771. The van der Waals surface area contributed by atoms with E-state index in [0.717, 1.165) is 11.3 Å². The highest BCUT2D eigenvalue weighted by Gasteiger charge is 2.17. The van der Waals surface area contributed by atoms with E-state index in [-0.39, 0.29) is 11.8 Å². The van der Waals surface area contributed by atoms with Gasteiger partial charge in [0.25, 0.3) is 5.91 Å². The third kappa shape index (κ3) is 3.51. The first-order valence-corrected chi connectivity index (χ1v) is 8.10. The summed E-state index contributed by atoms with van der Waals surface area (Å²) in [4.78, 5) is 24.4. The molecule has 6 heteroatoms. The van der Waals surface area contributed by atoms with Crippen LogP contribution in [0.15, 0.2) is 48.7 Å². The number of hydrogen-bond donors (Lipinski definition) is 1. The number of ether oxygens (including phenoxy) is 1. The van der Waals surface area contributed by atoms with Gasteiger partial charge in [-0.1, -0.05) is 23.7 Å². The number of nitrogens with zero attached hydrogens (tertiary/aromatic N) is 1. The molecule has 0 aliphatic heterocycles. The number of nitrogens with one attached hydrogen (secondary N) is 1. The topological polar surface area (TPSA) is 60.3 Å². The lowest BCUT2D eigenvalue weighted by molar-refractivity contribution is 0.0941. The fourth-order valence-electron chi connectivity index (χ4n) is 2.66. The molecule has 0 radical (unpaired) electrons. The Morgan fingerprint density at radius 1 is 1.16 bits per heavy atom. The monoisotopic (exact) mass is 356 g/mol. The van der Waals surface area contributed by atoms with Crippen molar-refractivity contribution in [3.8, 4) is 5.75 Å². The Kier molecular flexibility index (Phi) is 4.76. The van der Waals surface area contributed by atoms with Crippen molar-refractivity contribution in [2.45, 2.75) is 13.5 Å². The molecule has 5 nitrogen and oxygen atoms in total. The molecule has 0 saturated carbocycles. The van der Waals surface area contributed by atoms with Gasteiger partial charge in [-0.3, -0.25) is 14.2 Å². The molecule has 0 atom stereocenters. The van der Waals surface area contributed by atoms with E-state index in [0.29, 0.717) is 28.0 Å². The third-order valence-electron chi connectivity index (χ3n) is 3.96. The smallest absolute Gasteiger partial charge is 0.253 e. The van der Waals surface area contributed by atoms with Gasteiger partial charge in [-0.05, 0) is 35.9 Å². The molecule has 1 amide bonds. The first-order chi connectivity index (χ1) is 12.0. The summed E-state index contributed by atoms with van der Waals surface area (Å²) >= 11 is 6.05. The second-order valence-corrected chi connectivity index (χ2v) is 6.06.